The number of benzene rings is 2. The summed E-state index contributed by atoms with van der Waals surface area (Å²) in [6.07, 6.45) is 18.5. The van der Waals surface area contributed by atoms with Gasteiger partial charge in [-0.3, -0.25) is 19.2 Å². The molecule has 0 saturated heterocycles. The summed E-state index contributed by atoms with van der Waals surface area (Å²) in [7, 11) is 0. The summed E-state index contributed by atoms with van der Waals surface area (Å²) < 4.78 is 0. The van der Waals surface area contributed by atoms with Crippen LogP contribution in [0.25, 0.3) is 0 Å². The molecule has 2 aliphatic rings. The molecule has 10 nitrogen and oxygen atoms in total. The van der Waals surface area contributed by atoms with Gasteiger partial charge in [-0.05, 0) is 177 Å². The van der Waals surface area contributed by atoms with E-state index >= 15 is 0 Å². The van der Waals surface area contributed by atoms with E-state index in [1.807, 2.05) is 6.07 Å². The van der Waals surface area contributed by atoms with Crippen LogP contribution >= 0.6 is 0 Å². The summed E-state index contributed by atoms with van der Waals surface area (Å²) in [6.45, 7) is 9.13. The summed E-state index contributed by atoms with van der Waals surface area (Å²) in [5.74, 6) is -2.81. The standard InChI is InChI=1S/C50H74O10/c1-34-22-23-35(18-10-6-8-14-24-47(2,3)43(53)54)40(38(34)20-13-17-27-50(30-31-50)46(59)60)33-37-32-36(19-12-16-26-49(28-29-49)45(57)58)41(51)39(42(37)52)21-11-7-9-15-25-48(4,5)44(55)56/h22-23,32,51-52H,6-21,24-31,33H2,1-5H3,(H,53,54)(H,55,56)(H,57,58)(H,59,60). The Morgan fingerprint density at radius 1 is 0.517 bits per heavy atom. The van der Waals surface area contributed by atoms with Gasteiger partial charge in [-0.2, -0.15) is 0 Å². The monoisotopic (exact) mass is 835 g/mol. The predicted molar refractivity (Wildman–Crippen MR) is 234 cm³/mol. The van der Waals surface area contributed by atoms with E-state index in [0.29, 0.717) is 69.8 Å². The lowest BCUT2D eigenvalue weighted by Crippen LogP contribution is -2.23. The van der Waals surface area contributed by atoms with Crippen molar-refractivity contribution >= 4 is 23.9 Å². The second kappa shape index (κ2) is 21.1. The van der Waals surface area contributed by atoms with Crippen LogP contribution in [0.4, 0.5) is 0 Å². The third-order valence-electron chi connectivity index (χ3n) is 14.1. The van der Waals surface area contributed by atoms with Crippen LogP contribution in [0.2, 0.25) is 0 Å². The smallest absolute Gasteiger partial charge is 0.309 e. The van der Waals surface area contributed by atoms with Gasteiger partial charge >= 0.3 is 23.9 Å². The minimum absolute atomic E-state index is 0.0997. The fourth-order valence-electron chi connectivity index (χ4n) is 8.92. The van der Waals surface area contributed by atoms with Gasteiger partial charge in [0.2, 0.25) is 0 Å². The number of rotatable bonds is 30. The van der Waals surface area contributed by atoms with Gasteiger partial charge in [-0.1, -0.05) is 63.5 Å². The number of hydrogen-bond acceptors (Lipinski definition) is 6. The maximum atomic E-state index is 12.0. The summed E-state index contributed by atoms with van der Waals surface area (Å²) in [5.41, 5.74) is 4.07. The van der Waals surface area contributed by atoms with Gasteiger partial charge in [0.1, 0.15) is 11.5 Å². The Hall–Kier alpha value is -4.08. The minimum Gasteiger partial charge on any atom is -0.507 e. The first-order chi connectivity index (χ1) is 28.2. The summed E-state index contributed by atoms with van der Waals surface area (Å²) in [5, 5.41) is 62.1. The topological polar surface area (TPSA) is 190 Å². The Labute approximate surface area is 358 Å². The normalized spacial score (nSPS) is 15.5. The van der Waals surface area contributed by atoms with Crippen LogP contribution in [-0.4, -0.2) is 54.5 Å². The van der Waals surface area contributed by atoms with Gasteiger partial charge < -0.3 is 30.6 Å². The molecule has 10 heteroatoms. The Kier molecular flexibility index (Phi) is 17.1. The van der Waals surface area contributed by atoms with E-state index in [-0.39, 0.29) is 11.5 Å². The van der Waals surface area contributed by atoms with E-state index in [4.69, 9.17) is 0 Å². The quantitative estimate of drug-likeness (QED) is 0.0413. The Morgan fingerprint density at radius 3 is 1.42 bits per heavy atom. The van der Waals surface area contributed by atoms with Crippen molar-refractivity contribution in [2.45, 2.75) is 195 Å². The molecule has 2 aromatic rings. The summed E-state index contributed by atoms with van der Waals surface area (Å²) >= 11 is 0. The molecule has 0 aliphatic heterocycles. The highest BCUT2D eigenvalue weighted by atomic mass is 16.4. The third-order valence-corrected chi connectivity index (χ3v) is 14.1. The van der Waals surface area contributed by atoms with Crippen molar-refractivity contribution in [3.8, 4) is 11.5 Å². The second-order valence-corrected chi connectivity index (χ2v) is 19.8. The largest absolute Gasteiger partial charge is 0.507 e. The van der Waals surface area contributed by atoms with Crippen molar-refractivity contribution in [3.63, 3.8) is 0 Å². The maximum Gasteiger partial charge on any atom is 0.309 e. The molecule has 334 valence electrons. The van der Waals surface area contributed by atoms with Crippen molar-refractivity contribution in [2.24, 2.45) is 21.7 Å². The first-order valence-corrected chi connectivity index (χ1v) is 22.8. The molecule has 0 heterocycles. The minimum atomic E-state index is -0.807. The lowest BCUT2D eigenvalue weighted by atomic mass is 9.84. The zero-order valence-corrected chi connectivity index (χ0v) is 37.2. The predicted octanol–water partition coefficient (Wildman–Crippen LogP) is 11.4. The molecule has 0 spiro atoms. The molecule has 2 saturated carbocycles. The van der Waals surface area contributed by atoms with E-state index in [2.05, 4.69) is 19.1 Å². The molecule has 0 aromatic heterocycles. The molecule has 0 amide bonds. The van der Waals surface area contributed by atoms with Crippen molar-refractivity contribution in [2.75, 3.05) is 0 Å². The molecule has 2 fully saturated rings. The van der Waals surface area contributed by atoms with Crippen molar-refractivity contribution in [3.05, 3.63) is 57.1 Å². The molecular weight excluding hydrogens is 761 g/mol. The van der Waals surface area contributed by atoms with Crippen LogP contribution in [0.1, 0.15) is 195 Å². The van der Waals surface area contributed by atoms with Crippen LogP contribution in [-0.2, 0) is 51.3 Å². The van der Waals surface area contributed by atoms with Gasteiger partial charge in [-0.15, -0.1) is 0 Å². The van der Waals surface area contributed by atoms with E-state index in [1.165, 1.54) is 11.1 Å². The third kappa shape index (κ3) is 13.2. The van der Waals surface area contributed by atoms with Crippen LogP contribution in [0.15, 0.2) is 18.2 Å². The van der Waals surface area contributed by atoms with Gasteiger partial charge in [0.25, 0.3) is 0 Å². The van der Waals surface area contributed by atoms with Gasteiger partial charge in [0.05, 0.1) is 21.7 Å². The zero-order chi connectivity index (χ0) is 44.3. The molecule has 0 atom stereocenters. The highest BCUT2D eigenvalue weighted by molar-refractivity contribution is 5.78. The average molecular weight is 835 g/mol. The SMILES string of the molecule is Cc1ccc(CCCCCCC(C)(C)C(=O)O)c(Cc2cc(CCCCC3(C(=O)O)CC3)c(O)c(CCCCCCC(C)(C)C(=O)O)c2O)c1CCCCC1(C(=O)O)CC1. The van der Waals surface area contributed by atoms with Crippen LogP contribution < -0.4 is 0 Å². The number of carboxylic acid groups (broad SMARTS) is 4. The number of carboxylic acids is 4. The Bertz CT molecular complexity index is 1810. The molecule has 0 unspecified atom stereocenters. The van der Waals surface area contributed by atoms with Crippen LogP contribution in [0.5, 0.6) is 11.5 Å². The molecule has 0 radical (unpaired) electrons. The number of aryl methyl sites for hydroxylation is 3. The fourth-order valence-corrected chi connectivity index (χ4v) is 8.92. The fraction of sp³-hybridized carbons (Fsp3) is 0.680. The maximum absolute atomic E-state index is 12.0. The van der Waals surface area contributed by atoms with E-state index < -0.39 is 45.5 Å². The first-order valence-electron chi connectivity index (χ1n) is 22.8. The lowest BCUT2D eigenvalue weighted by molar-refractivity contribution is -0.148. The molecule has 2 aromatic carbocycles. The van der Waals surface area contributed by atoms with E-state index in [1.54, 1.807) is 27.7 Å². The van der Waals surface area contributed by atoms with Crippen LogP contribution in [0, 0.1) is 28.6 Å². The molecular formula is C50H74O10. The highest BCUT2D eigenvalue weighted by Gasteiger charge is 2.50. The first kappa shape index (κ1) is 48.6. The van der Waals surface area contributed by atoms with Crippen molar-refractivity contribution < 1.29 is 49.8 Å². The number of phenolic OH excluding ortho intramolecular Hbond substituents is 2. The number of hydrogen-bond donors (Lipinski definition) is 6. The number of unbranched alkanes of at least 4 members (excludes halogenated alkanes) is 8. The molecule has 0 bridgehead atoms. The van der Waals surface area contributed by atoms with Crippen molar-refractivity contribution in [1.82, 2.24) is 0 Å². The number of phenols is 2. The van der Waals surface area contributed by atoms with Gasteiger partial charge in [-0.25, -0.2) is 0 Å². The van der Waals surface area contributed by atoms with Gasteiger partial charge in [0, 0.05) is 12.0 Å². The van der Waals surface area contributed by atoms with E-state index in [9.17, 15) is 49.8 Å². The van der Waals surface area contributed by atoms with Crippen LogP contribution in [0.3, 0.4) is 0 Å². The summed E-state index contributed by atoms with van der Waals surface area (Å²) in [4.78, 5) is 46.9. The second-order valence-electron chi connectivity index (χ2n) is 19.8. The number of aromatic hydroxyl groups is 2. The zero-order valence-electron chi connectivity index (χ0n) is 37.2. The van der Waals surface area contributed by atoms with Gasteiger partial charge in [0.15, 0.2) is 0 Å². The number of aliphatic carboxylic acids is 4. The van der Waals surface area contributed by atoms with Crippen molar-refractivity contribution in [1.29, 1.82) is 0 Å². The highest BCUT2D eigenvalue weighted by Crippen LogP contribution is 2.51. The lowest BCUT2D eigenvalue weighted by Gasteiger charge is -2.21. The average Bonchev–Trinajstić information content (AvgIpc) is 4.12. The molecule has 4 rings (SSSR count). The molecule has 60 heavy (non-hydrogen) atoms. The number of carbonyl (C=O) groups is 4. The Balaban J connectivity index is 1.58. The van der Waals surface area contributed by atoms with E-state index in [0.717, 1.165) is 119 Å². The summed E-state index contributed by atoms with van der Waals surface area (Å²) in [6, 6.07) is 6.29. The Morgan fingerprint density at radius 2 is 0.933 bits per heavy atom. The molecule has 6 N–H and O–H groups in total. The molecule has 2 aliphatic carbocycles.